The van der Waals surface area contributed by atoms with Gasteiger partial charge in [-0.05, 0) is 42.5 Å². The van der Waals surface area contributed by atoms with E-state index >= 15 is 0 Å². The molecule has 1 N–H and O–H groups in total. The number of amides is 1. The minimum atomic E-state index is -0.909. The summed E-state index contributed by atoms with van der Waals surface area (Å²) in [5.41, 5.74) is 4.72. The third kappa shape index (κ3) is 3.41. The number of carbonyl (C=O) groups is 2. The molecule has 5 nitrogen and oxygen atoms in total. The molecular formula is C24H25NO4. The zero-order valence-electron chi connectivity index (χ0n) is 16.7. The highest BCUT2D eigenvalue weighted by molar-refractivity contribution is 5.79. The molecule has 29 heavy (non-hydrogen) atoms. The van der Waals surface area contributed by atoms with Crippen LogP contribution in [0.1, 0.15) is 37.3 Å². The predicted molar refractivity (Wildman–Crippen MR) is 111 cm³/mol. The minimum absolute atomic E-state index is 0.0354. The number of benzene rings is 2. The second kappa shape index (κ2) is 7.39. The highest BCUT2D eigenvalue weighted by Gasteiger charge is 2.34. The van der Waals surface area contributed by atoms with Crippen LogP contribution in [0.3, 0.4) is 0 Å². The van der Waals surface area contributed by atoms with Crippen molar-refractivity contribution in [3.63, 3.8) is 0 Å². The van der Waals surface area contributed by atoms with E-state index in [2.05, 4.69) is 24.3 Å². The van der Waals surface area contributed by atoms with Crippen LogP contribution in [0, 0.1) is 5.41 Å². The molecule has 1 heterocycles. The lowest BCUT2D eigenvalue weighted by atomic mass is 9.81. The van der Waals surface area contributed by atoms with E-state index in [-0.39, 0.29) is 12.0 Å². The molecule has 2 aromatic rings. The van der Waals surface area contributed by atoms with E-state index < -0.39 is 11.4 Å². The Hall–Kier alpha value is -3.08. The molecule has 0 atom stereocenters. The van der Waals surface area contributed by atoms with Gasteiger partial charge in [0.15, 0.2) is 0 Å². The van der Waals surface area contributed by atoms with Gasteiger partial charge in [0.25, 0.3) is 0 Å². The van der Waals surface area contributed by atoms with Gasteiger partial charge in [0.1, 0.15) is 6.61 Å². The van der Waals surface area contributed by atoms with Crippen molar-refractivity contribution >= 4 is 12.1 Å². The van der Waals surface area contributed by atoms with Crippen LogP contribution in [0.15, 0.2) is 60.2 Å². The Balaban J connectivity index is 1.44. The Morgan fingerprint density at radius 2 is 1.66 bits per heavy atom. The zero-order chi connectivity index (χ0) is 20.6. The van der Waals surface area contributed by atoms with Gasteiger partial charge in [-0.15, -0.1) is 0 Å². The lowest BCUT2D eigenvalue weighted by Gasteiger charge is -2.31. The van der Waals surface area contributed by atoms with Crippen LogP contribution in [0.2, 0.25) is 0 Å². The van der Waals surface area contributed by atoms with Crippen molar-refractivity contribution in [2.24, 2.45) is 5.41 Å². The van der Waals surface area contributed by atoms with Crippen LogP contribution in [-0.4, -0.2) is 41.8 Å². The van der Waals surface area contributed by atoms with Crippen LogP contribution in [0.25, 0.3) is 11.1 Å². The maximum atomic E-state index is 12.6. The molecule has 1 aliphatic carbocycles. The van der Waals surface area contributed by atoms with E-state index in [9.17, 15) is 14.7 Å². The molecule has 0 saturated heterocycles. The second-order valence-electron chi connectivity index (χ2n) is 8.16. The van der Waals surface area contributed by atoms with Gasteiger partial charge in [0.05, 0.1) is 5.41 Å². The highest BCUT2D eigenvalue weighted by Crippen LogP contribution is 2.44. The van der Waals surface area contributed by atoms with E-state index in [0.29, 0.717) is 26.1 Å². The SMILES string of the molecule is CC(C)(C(=O)O)C1=CCN(C(=O)OCC2c3ccccc3-c3ccccc32)CC1. The molecule has 0 saturated carbocycles. The fraction of sp³-hybridized carbons (Fsp3) is 0.333. The van der Waals surface area contributed by atoms with Crippen molar-refractivity contribution in [2.45, 2.75) is 26.2 Å². The van der Waals surface area contributed by atoms with Gasteiger partial charge in [0, 0.05) is 19.0 Å². The molecule has 0 fully saturated rings. The van der Waals surface area contributed by atoms with Gasteiger partial charge in [-0.2, -0.15) is 0 Å². The van der Waals surface area contributed by atoms with E-state index in [4.69, 9.17) is 4.74 Å². The molecule has 0 aromatic heterocycles. The van der Waals surface area contributed by atoms with Gasteiger partial charge in [-0.3, -0.25) is 4.79 Å². The van der Waals surface area contributed by atoms with Crippen molar-refractivity contribution < 1.29 is 19.4 Å². The monoisotopic (exact) mass is 391 g/mol. The third-order valence-corrected chi connectivity index (χ3v) is 6.14. The quantitative estimate of drug-likeness (QED) is 0.769. The summed E-state index contributed by atoms with van der Waals surface area (Å²) >= 11 is 0. The van der Waals surface area contributed by atoms with Gasteiger partial charge in [0.2, 0.25) is 0 Å². The minimum Gasteiger partial charge on any atom is -0.481 e. The summed E-state index contributed by atoms with van der Waals surface area (Å²) in [5, 5.41) is 9.39. The average Bonchev–Trinajstić information content (AvgIpc) is 3.06. The summed E-state index contributed by atoms with van der Waals surface area (Å²) in [6, 6.07) is 16.5. The Kier molecular flexibility index (Phi) is 4.91. The van der Waals surface area contributed by atoms with Gasteiger partial charge < -0.3 is 14.7 Å². The van der Waals surface area contributed by atoms with Crippen molar-refractivity contribution in [3.8, 4) is 11.1 Å². The van der Waals surface area contributed by atoms with Gasteiger partial charge in [-0.25, -0.2) is 4.79 Å². The molecule has 5 heteroatoms. The normalized spacial score (nSPS) is 16.1. The number of ether oxygens (including phenoxy) is 1. The van der Waals surface area contributed by atoms with E-state index in [1.807, 2.05) is 30.3 Å². The zero-order valence-corrected chi connectivity index (χ0v) is 16.7. The number of carboxylic acids is 1. The van der Waals surface area contributed by atoms with Crippen molar-refractivity contribution in [2.75, 3.05) is 19.7 Å². The number of nitrogens with zero attached hydrogens (tertiary/aromatic N) is 1. The Morgan fingerprint density at radius 1 is 1.07 bits per heavy atom. The average molecular weight is 391 g/mol. The summed E-state index contributed by atoms with van der Waals surface area (Å²) in [6.45, 7) is 4.54. The van der Waals surface area contributed by atoms with Crippen molar-refractivity contribution in [1.82, 2.24) is 4.90 Å². The molecule has 0 spiro atoms. The maximum absolute atomic E-state index is 12.6. The number of hydrogen-bond donors (Lipinski definition) is 1. The van der Waals surface area contributed by atoms with Crippen molar-refractivity contribution in [1.29, 1.82) is 0 Å². The van der Waals surface area contributed by atoms with E-state index in [0.717, 1.165) is 5.57 Å². The molecule has 2 aromatic carbocycles. The number of aliphatic carboxylic acids is 1. The fourth-order valence-electron chi connectivity index (χ4n) is 4.23. The first-order valence-electron chi connectivity index (χ1n) is 9.92. The largest absolute Gasteiger partial charge is 0.481 e. The number of rotatable bonds is 4. The highest BCUT2D eigenvalue weighted by atomic mass is 16.6. The summed E-state index contributed by atoms with van der Waals surface area (Å²) in [6.07, 6.45) is 2.04. The smallest absolute Gasteiger partial charge is 0.410 e. The molecule has 1 aliphatic heterocycles. The molecule has 4 rings (SSSR count). The number of carbonyl (C=O) groups excluding carboxylic acids is 1. The molecule has 0 bridgehead atoms. The third-order valence-electron chi connectivity index (χ3n) is 6.14. The lowest BCUT2D eigenvalue weighted by Crippen LogP contribution is -2.39. The summed E-state index contributed by atoms with van der Waals surface area (Å²) in [4.78, 5) is 25.7. The van der Waals surface area contributed by atoms with Gasteiger partial charge >= 0.3 is 12.1 Å². The number of fused-ring (bicyclic) bond motifs is 3. The van der Waals surface area contributed by atoms with Crippen LogP contribution in [-0.2, 0) is 9.53 Å². The summed E-state index contributed by atoms with van der Waals surface area (Å²) in [7, 11) is 0. The molecule has 150 valence electrons. The maximum Gasteiger partial charge on any atom is 0.410 e. The van der Waals surface area contributed by atoms with Gasteiger partial charge in [-0.1, -0.05) is 60.2 Å². The van der Waals surface area contributed by atoms with Crippen LogP contribution in [0.4, 0.5) is 4.79 Å². The molecule has 0 radical (unpaired) electrons. The Labute approximate surface area is 170 Å². The molecule has 1 amide bonds. The van der Waals surface area contributed by atoms with Crippen LogP contribution in [0.5, 0.6) is 0 Å². The van der Waals surface area contributed by atoms with Crippen molar-refractivity contribution in [3.05, 3.63) is 71.3 Å². The van der Waals surface area contributed by atoms with Crippen LogP contribution < -0.4 is 0 Å². The first kappa shape index (κ1) is 19.2. The Bertz CT molecular complexity index is 946. The second-order valence-corrected chi connectivity index (χ2v) is 8.16. The number of carboxylic acid groups (broad SMARTS) is 1. The number of hydrogen-bond acceptors (Lipinski definition) is 3. The van der Waals surface area contributed by atoms with Crippen LogP contribution >= 0.6 is 0 Å². The summed E-state index contributed by atoms with van der Waals surface area (Å²) < 4.78 is 5.69. The Morgan fingerprint density at radius 3 is 2.17 bits per heavy atom. The topological polar surface area (TPSA) is 66.8 Å². The predicted octanol–water partition coefficient (Wildman–Crippen LogP) is 4.68. The lowest BCUT2D eigenvalue weighted by molar-refractivity contribution is -0.144. The van der Waals surface area contributed by atoms with E-state index in [1.165, 1.54) is 22.3 Å². The first-order valence-corrected chi connectivity index (χ1v) is 9.92. The summed E-state index contributed by atoms with van der Waals surface area (Å²) in [5.74, 6) is -0.813. The fourth-order valence-corrected chi connectivity index (χ4v) is 4.23. The standard InChI is InChI=1S/C24H25NO4/c1-24(2,22(26)27)16-11-13-25(14-12-16)23(28)29-15-21-19-9-5-3-7-17(19)18-8-4-6-10-20(18)21/h3-11,21H,12-15H2,1-2H3,(H,26,27). The molecule has 0 unspecified atom stereocenters. The first-order chi connectivity index (χ1) is 13.9. The van der Waals surface area contributed by atoms with E-state index in [1.54, 1.807) is 18.7 Å². The molecule has 2 aliphatic rings. The molecular weight excluding hydrogens is 366 g/mol.